The van der Waals surface area contributed by atoms with E-state index in [1.54, 1.807) is 6.42 Å². The molecule has 0 spiro atoms. The molecule has 92 valence electrons. The molecule has 16 heavy (non-hydrogen) atoms. The molecule has 3 fully saturated rings. The van der Waals surface area contributed by atoms with Crippen molar-refractivity contribution in [2.45, 2.75) is 59.8 Å². The van der Waals surface area contributed by atoms with Crippen molar-refractivity contribution in [1.82, 2.24) is 0 Å². The Hall–Kier alpha value is 0. The van der Waals surface area contributed by atoms with Crippen LogP contribution in [-0.2, 0) is 0 Å². The normalized spacial score (nSPS) is 54.0. The Morgan fingerprint density at radius 1 is 1.19 bits per heavy atom. The maximum absolute atomic E-state index is 2.55. The lowest BCUT2D eigenvalue weighted by molar-refractivity contribution is 0.222. The summed E-state index contributed by atoms with van der Waals surface area (Å²) >= 11 is 0. The topological polar surface area (TPSA) is 0 Å². The van der Waals surface area contributed by atoms with Crippen molar-refractivity contribution in [1.29, 1.82) is 0 Å². The highest BCUT2D eigenvalue weighted by atomic mass is 14.7. The molecule has 0 nitrogen and oxygen atoms in total. The molecule has 6 unspecified atom stereocenters. The Kier molecular flexibility index (Phi) is 2.43. The molecule has 0 heteroatoms. The first kappa shape index (κ1) is 11.1. The van der Waals surface area contributed by atoms with E-state index in [1.807, 2.05) is 0 Å². The van der Waals surface area contributed by atoms with Crippen molar-refractivity contribution in [3.8, 4) is 0 Å². The molecule has 0 N–H and O–H groups in total. The zero-order valence-electron chi connectivity index (χ0n) is 11.5. The largest absolute Gasteiger partial charge is 0.0651 e. The van der Waals surface area contributed by atoms with Gasteiger partial charge >= 0.3 is 0 Å². The Morgan fingerprint density at radius 2 is 1.94 bits per heavy atom. The van der Waals surface area contributed by atoms with Gasteiger partial charge in [0.2, 0.25) is 0 Å². The molecule has 0 aromatic rings. The van der Waals surface area contributed by atoms with Gasteiger partial charge in [-0.3, -0.25) is 0 Å². The minimum atomic E-state index is 0.695. The summed E-state index contributed by atoms with van der Waals surface area (Å²) in [6.07, 6.45) is 7.58. The van der Waals surface area contributed by atoms with E-state index < -0.39 is 0 Å². The van der Waals surface area contributed by atoms with E-state index in [9.17, 15) is 0 Å². The van der Waals surface area contributed by atoms with Crippen LogP contribution in [0.1, 0.15) is 59.8 Å². The highest BCUT2D eigenvalue weighted by Crippen LogP contribution is 2.70. The fourth-order valence-electron chi connectivity index (χ4n) is 5.74. The summed E-state index contributed by atoms with van der Waals surface area (Å²) in [6, 6.07) is 0. The molecule has 0 saturated heterocycles. The number of hydrogen-bond donors (Lipinski definition) is 0. The van der Waals surface area contributed by atoms with E-state index in [1.165, 1.54) is 25.7 Å². The Morgan fingerprint density at radius 3 is 2.62 bits per heavy atom. The third-order valence-electron chi connectivity index (χ3n) is 6.56. The van der Waals surface area contributed by atoms with Gasteiger partial charge in [0, 0.05) is 0 Å². The summed E-state index contributed by atoms with van der Waals surface area (Å²) in [7, 11) is 0. The lowest BCUT2D eigenvalue weighted by Crippen LogP contribution is -2.20. The van der Waals surface area contributed by atoms with Crippen LogP contribution < -0.4 is 0 Å². The molecule has 3 rings (SSSR count). The van der Waals surface area contributed by atoms with E-state index in [0.717, 1.165) is 35.5 Å². The van der Waals surface area contributed by atoms with Crippen LogP contribution in [0.2, 0.25) is 0 Å². The molecular weight excluding hydrogens is 192 g/mol. The van der Waals surface area contributed by atoms with Gasteiger partial charge in [-0.15, -0.1) is 0 Å². The van der Waals surface area contributed by atoms with Crippen molar-refractivity contribution in [2.24, 2.45) is 40.9 Å². The smallest absolute Gasteiger partial charge is 0.0289 e. The van der Waals surface area contributed by atoms with Crippen molar-refractivity contribution < 1.29 is 0 Å². The maximum atomic E-state index is 2.55. The first-order chi connectivity index (χ1) is 7.57. The van der Waals surface area contributed by atoms with E-state index in [2.05, 4.69) is 27.7 Å². The molecule has 0 amide bonds. The zero-order valence-corrected chi connectivity index (χ0v) is 11.5. The fourth-order valence-corrected chi connectivity index (χ4v) is 5.74. The summed E-state index contributed by atoms with van der Waals surface area (Å²) in [5.74, 6) is 6.44. The molecule has 0 aromatic carbocycles. The average Bonchev–Trinajstić information content (AvgIpc) is 2.72. The van der Waals surface area contributed by atoms with Gasteiger partial charge in [0.05, 0.1) is 0 Å². The second-order valence-corrected chi connectivity index (χ2v) is 7.51. The third-order valence-corrected chi connectivity index (χ3v) is 6.56. The van der Waals surface area contributed by atoms with Crippen molar-refractivity contribution in [3.05, 3.63) is 0 Å². The molecule has 6 atom stereocenters. The first-order valence-corrected chi connectivity index (χ1v) is 7.57. The van der Waals surface area contributed by atoms with E-state index in [4.69, 9.17) is 0 Å². The standard InChI is InChI=1S/C16H28/c1-5-11-9-10(2)14-12(11)7-6-8-13-15(14)16(13,3)4/h10-15H,5-9H2,1-4H3. The van der Waals surface area contributed by atoms with Crippen LogP contribution >= 0.6 is 0 Å². The van der Waals surface area contributed by atoms with Gasteiger partial charge in [-0.25, -0.2) is 0 Å². The van der Waals surface area contributed by atoms with E-state index in [0.29, 0.717) is 5.41 Å². The summed E-state index contributed by atoms with van der Waals surface area (Å²) in [6.45, 7) is 10.0. The Bertz CT molecular complexity index is 278. The van der Waals surface area contributed by atoms with Crippen LogP contribution in [0.5, 0.6) is 0 Å². The van der Waals surface area contributed by atoms with Crippen LogP contribution in [0.15, 0.2) is 0 Å². The molecule has 3 aliphatic rings. The van der Waals surface area contributed by atoms with Gasteiger partial charge in [0.1, 0.15) is 0 Å². The molecule has 3 saturated carbocycles. The van der Waals surface area contributed by atoms with E-state index >= 15 is 0 Å². The fraction of sp³-hybridized carbons (Fsp3) is 1.00. The average molecular weight is 220 g/mol. The van der Waals surface area contributed by atoms with Gasteiger partial charge in [-0.2, -0.15) is 0 Å². The Balaban J connectivity index is 1.87. The molecule has 0 aromatic heterocycles. The second kappa shape index (κ2) is 3.50. The van der Waals surface area contributed by atoms with Crippen LogP contribution in [-0.4, -0.2) is 0 Å². The quantitative estimate of drug-likeness (QED) is 0.598. The zero-order chi connectivity index (χ0) is 11.5. The van der Waals surface area contributed by atoms with Crippen LogP contribution in [0, 0.1) is 40.9 Å². The van der Waals surface area contributed by atoms with E-state index in [-0.39, 0.29) is 0 Å². The minimum absolute atomic E-state index is 0.695. The monoisotopic (exact) mass is 220 g/mol. The molecule has 0 bridgehead atoms. The van der Waals surface area contributed by atoms with Gasteiger partial charge in [0.15, 0.2) is 0 Å². The Labute approximate surface area is 101 Å². The third kappa shape index (κ3) is 1.34. The first-order valence-electron chi connectivity index (χ1n) is 7.57. The highest BCUT2D eigenvalue weighted by molar-refractivity contribution is 5.12. The molecule has 0 heterocycles. The van der Waals surface area contributed by atoms with Crippen molar-refractivity contribution in [3.63, 3.8) is 0 Å². The van der Waals surface area contributed by atoms with Crippen molar-refractivity contribution in [2.75, 3.05) is 0 Å². The van der Waals surface area contributed by atoms with Crippen molar-refractivity contribution >= 4 is 0 Å². The predicted octanol–water partition coefficient (Wildman–Crippen LogP) is 4.74. The second-order valence-electron chi connectivity index (χ2n) is 7.51. The van der Waals surface area contributed by atoms with Crippen LogP contribution in [0.3, 0.4) is 0 Å². The molecule has 3 aliphatic carbocycles. The lowest BCUT2D eigenvalue weighted by atomic mass is 9.79. The number of rotatable bonds is 1. The number of hydrogen-bond acceptors (Lipinski definition) is 0. The SMILES string of the molecule is CCC1CC(C)C2C1CCCC1C2C1(C)C. The predicted molar refractivity (Wildman–Crippen MR) is 69.2 cm³/mol. The molecule has 0 aliphatic heterocycles. The van der Waals surface area contributed by atoms with Gasteiger partial charge in [-0.05, 0) is 60.2 Å². The minimum Gasteiger partial charge on any atom is -0.0651 e. The van der Waals surface area contributed by atoms with Crippen LogP contribution in [0.25, 0.3) is 0 Å². The lowest BCUT2D eigenvalue weighted by Gasteiger charge is -2.26. The van der Waals surface area contributed by atoms with Gasteiger partial charge < -0.3 is 0 Å². The summed E-state index contributed by atoms with van der Waals surface area (Å²) in [5.41, 5.74) is 0.695. The summed E-state index contributed by atoms with van der Waals surface area (Å²) in [4.78, 5) is 0. The highest BCUT2D eigenvalue weighted by Gasteiger charge is 2.64. The molecule has 0 radical (unpaired) electrons. The summed E-state index contributed by atoms with van der Waals surface area (Å²) in [5, 5.41) is 0. The van der Waals surface area contributed by atoms with Gasteiger partial charge in [0.25, 0.3) is 0 Å². The van der Waals surface area contributed by atoms with Crippen LogP contribution in [0.4, 0.5) is 0 Å². The van der Waals surface area contributed by atoms with Gasteiger partial charge in [-0.1, -0.05) is 40.5 Å². The maximum Gasteiger partial charge on any atom is -0.0289 e. The summed E-state index contributed by atoms with van der Waals surface area (Å²) < 4.78 is 0. The molecular formula is C16H28. The number of fused-ring (bicyclic) bond motifs is 3.